The monoisotopic (exact) mass is 723 g/mol. The van der Waals surface area contributed by atoms with Gasteiger partial charge in [-0.3, -0.25) is 5.32 Å². The van der Waals surface area contributed by atoms with Gasteiger partial charge in [-0.1, -0.05) is 103 Å². The van der Waals surface area contributed by atoms with Crippen LogP contribution in [0.5, 0.6) is 17.2 Å². The van der Waals surface area contributed by atoms with Gasteiger partial charge < -0.3 is 24.6 Å². The molecule has 3 aliphatic carbocycles. The maximum absolute atomic E-state index is 6.69. The van der Waals surface area contributed by atoms with E-state index in [0.29, 0.717) is 0 Å². The van der Waals surface area contributed by atoms with Crippen molar-refractivity contribution in [2.75, 3.05) is 9.80 Å². The summed E-state index contributed by atoms with van der Waals surface area (Å²) in [5, 5.41) is 7.76. The molecule has 7 heteroatoms. The second kappa shape index (κ2) is 14.3. The lowest BCUT2D eigenvalue weighted by Gasteiger charge is -2.45. The molecule has 10 rings (SSSR count). The van der Waals surface area contributed by atoms with Crippen LogP contribution in [0.25, 0.3) is 0 Å². The van der Waals surface area contributed by atoms with Crippen molar-refractivity contribution in [1.29, 1.82) is 0 Å². The van der Waals surface area contributed by atoms with Gasteiger partial charge in [0.2, 0.25) is 0 Å². The molecule has 3 aliphatic heterocycles. The van der Waals surface area contributed by atoms with Gasteiger partial charge in [0.25, 0.3) is 0 Å². The number of aliphatic imine (C=N–C) groups is 1. The molecular weight excluding hydrogens is 679 g/mol. The number of ether oxygens (including phenoxy) is 2. The van der Waals surface area contributed by atoms with Crippen LogP contribution in [0.15, 0.2) is 179 Å². The van der Waals surface area contributed by atoms with Gasteiger partial charge in [-0.25, -0.2) is 4.99 Å². The Morgan fingerprint density at radius 3 is 2.16 bits per heavy atom. The van der Waals surface area contributed by atoms with Crippen molar-refractivity contribution in [3.8, 4) is 17.2 Å². The molecule has 3 heterocycles. The molecular formula is C48H45N5O2. The largest absolute Gasteiger partial charge is 0.458 e. The van der Waals surface area contributed by atoms with E-state index in [1.54, 1.807) is 0 Å². The number of hydrogen-bond donors (Lipinski definition) is 2. The maximum Gasteiger partial charge on any atom is 0.151 e. The molecule has 4 aromatic carbocycles. The molecule has 4 atom stereocenters. The van der Waals surface area contributed by atoms with Crippen LogP contribution in [0.4, 0.5) is 17.1 Å². The van der Waals surface area contributed by atoms with E-state index in [4.69, 9.17) is 14.5 Å². The Bertz CT molecular complexity index is 2300. The summed E-state index contributed by atoms with van der Waals surface area (Å²) >= 11 is 0. The maximum atomic E-state index is 6.69. The average Bonchev–Trinajstić information content (AvgIpc) is 3.25. The Labute approximate surface area is 323 Å². The summed E-state index contributed by atoms with van der Waals surface area (Å²) in [7, 11) is 0. The van der Waals surface area contributed by atoms with Gasteiger partial charge >= 0.3 is 0 Å². The Kier molecular flexibility index (Phi) is 8.72. The molecule has 6 aliphatic rings. The number of benzene rings is 4. The standard InChI is InChI=1S/C48H45N5O2/c1-2-17-34-30-35(48-50-46(32-18-5-3-6-19-32)49-47(51-48)33-20-7-4-8-21-33)41(53-38-24-11-15-28-44(38)55-45-29-16-12-25-39(45)53)31-40(34)52-36-22-9-13-26-42(36)54-43-27-14-10-23-37(43)52/h2-3,5-7,9-11,13-15,17-24,26-28,30-31,34,40,46-47,49H,4,8,12,16,25,29H2,1H3,(H,50,51)/b17-2+. The first-order chi connectivity index (χ1) is 27.2. The number of para-hydroxylation sites is 6. The lowest BCUT2D eigenvalue weighted by atomic mass is 9.84. The van der Waals surface area contributed by atoms with Gasteiger partial charge in [-0.2, -0.15) is 0 Å². The third-order valence-corrected chi connectivity index (χ3v) is 11.4. The van der Waals surface area contributed by atoms with Gasteiger partial charge in [0.1, 0.15) is 23.9 Å². The molecule has 274 valence electrons. The van der Waals surface area contributed by atoms with Crippen molar-refractivity contribution in [3.63, 3.8) is 0 Å². The number of fused-ring (bicyclic) bond motifs is 3. The Morgan fingerprint density at radius 1 is 0.745 bits per heavy atom. The van der Waals surface area contributed by atoms with Crippen LogP contribution in [-0.4, -0.2) is 18.0 Å². The predicted molar refractivity (Wildman–Crippen MR) is 222 cm³/mol. The fourth-order valence-corrected chi connectivity index (χ4v) is 8.84. The second-order valence-electron chi connectivity index (χ2n) is 14.8. The van der Waals surface area contributed by atoms with Crippen molar-refractivity contribution in [2.45, 2.75) is 63.8 Å². The molecule has 0 fully saturated rings. The molecule has 0 saturated heterocycles. The summed E-state index contributed by atoms with van der Waals surface area (Å²) in [6.45, 7) is 2.12. The normalized spacial score (nSPS) is 24.2. The molecule has 7 nitrogen and oxygen atoms in total. The van der Waals surface area contributed by atoms with E-state index < -0.39 is 0 Å². The topological polar surface area (TPSA) is 61.4 Å². The number of anilines is 3. The van der Waals surface area contributed by atoms with Crippen molar-refractivity contribution in [3.05, 3.63) is 180 Å². The van der Waals surface area contributed by atoms with Gasteiger partial charge in [0, 0.05) is 17.9 Å². The van der Waals surface area contributed by atoms with Crippen molar-refractivity contribution in [1.82, 2.24) is 10.6 Å². The van der Waals surface area contributed by atoms with Crippen LogP contribution in [0.3, 0.4) is 0 Å². The molecule has 0 aromatic heterocycles. The number of nitrogens with one attached hydrogen (secondary N) is 2. The fourth-order valence-electron chi connectivity index (χ4n) is 8.84. The zero-order valence-corrected chi connectivity index (χ0v) is 31.1. The number of nitrogens with zero attached hydrogens (tertiary/aromatic N) is 3. The number of allylic oxidation sites excluding steroid dienone is 5. The number of hydrogen-bond acceptors (Lipinski definition) is 7. The Balaban J connectivity index is 1.20. The average molecular weight is 724 g/mol. The Morgan fingerprint density at radius 2 is 1.44 bits per heavy atom. The Hall–Kier alpha value is -6.05. The minimum absolute atomic E-state index is 0.000792. The lowest BCUT2D eigenvalue weighted by molar-refractivity contribution is 0.362. The van der Waals surface area contributed by atoms with Gasteiger partial charge in [-0.15, -0.1) is 0 Å². The lowest BCUT2D eigenvalue weighted by Crippen LogP contribution is -2.53. The van der Waals surface area contributed by atoms with E-state index >= 15 is 0 Å². The number of rotatable bonds is 6. The van der Waals surface area contributed by atoms with Crippen LogP contribution >= 0.6 is 0 Å². The molecule has 0 spiro atoms. The molecule has 0 amide bonds. The molecule has 0 bridgehead atoms. The van der Waals surface area contributed by atoms with Crippen LogP contribution in [-0.2, 0) is 0 Å². The first kappa shape index (κ1) is 33.5. The van der Waals surface area contributed by atoms with Crippen LogP contribution < -0.4 is 29.9 Å². The second-order valence-corrected chi connectivity index (χ2v) is 14.8. The number of amidine groups is 1. The molecule has 0 radical (unpaired) electrons. The highest BCUT2D eigenvalue weighted by molar-refractivity contribution is 6.05. The zero-order chi connectivity index (χ0) is 36.7. The third kappa shape index (κ3) is 6.09. The summed E-state index contributed by atoms with van der Waals surface area (Å²) in [4.78, 5) is 10.5. The van der Waals surface area contributed by atoms with Crippen LogP contribution in [0.2, 0.25) is 0 Å². The fraction of sp³-hybridized carbons (Fsp3) is 0.229. The quantitative estimate of drug-likeness (QED) is 0.193. The van der Waals surface area contributed by atoms with E-state index in [9.17, 15) is 0 Å². The van der Waals surface area contributed by atoms with Gasteiger partial charge in [0.15, 0.2) is 17.2 Å². The predicted octanol–water partition coefficient (Wildman–Crippen LogP) is 10.9. The van der Waals surface area contributed by atoms with E-state index in [-0.39, 0.29) is 24.3 Å². The highest BCUT2D eigenvalue weighted by Gasteiger charge is 2.41. The first-order valence-corrected chi connectivity index (χ1v) is 19.8. The molecule has 4 aromatic rings. The van der Waals surface area contributed by atoms with Crippen molar-refractivity contribution >= 4 is 22.9 Å². The SMILES string of the molecule is C/C=C/C1C=C(C2=NC(c3ccccc3)NC(C3=CCCC=C3)N2)C(N2C3=C(CCCC3)Oc3ccccc32)=CC1N1c2ccccc2Oc2ccccc21. The zero-order valence-electron chi connectivity index (χ0n) is 31.1. The molecule has 2 N–H and O–H groups in total. The highest BCUT2D eigenvalue weighted by atomic mass is 16.5. The molecule has 4 unspecified atom stereocenters. The van der Waals surface area contributed by atoms with E-state index in [2.05, 4.69) is 161 Å². The third-order valence-electron chi connectivity index (χ3n) is 11.4. The minimum Gasteiger partial charge on any atom is -0.458 e. The van der Waals surface area contributed by atoms with Crippen molar-refractivity contribution in [2.24, 2.45) is 10.9 Å². The summed E-state index contributed by atoms with van der Waals surface area (Å²) < 4.78 is 13.2. The smallest absolute Gasteiger partial charge is 0.151 e. The molecule has 0 saturated carbocycles. The summed E-state index contributed by atoms with van der Waals surface area (Å²) in [5.74, 6) is 4.53. The molecule has 55 heavy (non-hydrogen) atoms. The highest BCUT2D eigenvalue weighted by Crippen LogP contribution is 2.52. The summed E-state index contributed by atoms with van der Waals surface area (Å²) in [6, 6.07) is 35.8. The summed E-state index contributed by atoms with van der Waals surface area (Å²) in [5.41, 5.74) is 8.93. The van der Waals surface area contributed by atoms with Crippen LogP contribution in [0.1, 0.15) is 57.2 Å². The van der Waals surface area contributed by atoms with Gasteiger partial charge in [-0.05, 0) is 92.6 Å². The van der Waals surface area contributed by atoms with Crippen LogP contribution in [0, 0.1) is 5.92 Å². The van der Waals surface area contributed by atoms with E-state index in [1.807, 2.05) is 12.1 Å². The van der Waals surface area contributed by atoms with E-state index in [1.165, 1.54) is 11.3 Å². The minimum atomic E-state index is -0.238. The van der Waals surface area contributed by atoms with E-state index in [0.717, 1.165) is 101 Å². The van der Waals surface area contributed by atoms with Crippen molar-refractivity contribution < 1.29 is 9.47 Å². The first-order valence-electron chi connectivity index (χ1n) is 19.8. The summed E-state index contributed by atoms with van der Waals surface area (Å²) in [6.07, 6.45) is 22.2. The van der Waals surface area contributed by atoms with Gasteiger partial charge in [0.05, 0.1) is 34.5 Å².